The van der Waals surface area contributed by atoms with E-state index in [-0.39, 0.29) is 0 Å². The Hall–Kier alpha value is -7.16. The highest BCUT2D eigenvalue weighted by Crippen LogP contribution is 2.44. The average Bonchev–Trinajstić information content (AvgIpc) is 3.62. The number of anilines is 3. The highest BCUT2D eigenvalue weighted by Gasteiger charge is 2.20. The predicted octanol–water partition coefficient (Wildman–Crippen LogP) is 15.3. The Labute approximate surface area is 326 Å². The van der Waals surface area contributed by atoms with Crippen LogP contribution in [0.4, 0.5) is 17.1 Å². The summed E-state index contributed by atoms with van der Waals surface area (Å²) in [5, 5.41) is 7.14. The molecule has 0 bridgehead atoms. The minimum atomic E-state index is 0.894. The lowest BCUT2D eigenvalue weighted by molar-refractivity contribution is 0.669. The van der Waals surface area contributed by atoms with E-state index in [9.17, 15) is 0 Å². The van der Waals surface area contributed by atoms with Crippen LogP contribution < -0.4 is 4.90 Å². The molecule has 0 saturated carbocycles. The Morgan fingerprint density at radius 3 is 1.96 bits per heavy atom. The molecule has 2 nitrogen and oxygen atoms in total. The van der Waals surface area contributed by atoms with Crippen LogP contribution >= 0.6 is 0 Å². The van der Waals surface area contributed by atoms with Crippen molar-refractivity contribution >= 4 is 66.6 Å². The molecule has 56 heavy (non-hydrogen) atoms. The first-order chi connectivity index (χ1) is 27.7. The van der Waals surface area contributed by atoms with E-state index in [1.54, 1.807) is 0 Å². The standard InChI is InChI=1S/C54H37NO/c1-3-12-39-30-44(22-20-36(39)10-1)38-24-27-47(28-25-38)55(48-17-9-16-41(32-48)45-23-21-37-11-2-4-13-40(37)31-45)52-19-8-7-18-49(52)46-26-29-53-50(34-46)51-33-42-14-5-6-15-43(42)35-54(51)56-53/h1-3,5-12,14-35H,4,13H2. The van der Waals surface area contributed by atoms with Crippen LogP contribution in [-0.4, -0.2) is 0 Å². The van der Waals surface area contributed by atoms with Crippen LogP contribution in [0.3, 0.4) is 0 Å². The second kappa shape index (κ2) is 13.3. The van der Waals surface area contributed by atoms with E-state index < -0.39 is 0 Å². The molecule has 0 spiro atoms. The lowest BCUT2D eigenvalue weighted by Gasteiger charge is -2.28. The van der Waals surface area contributed by atoms with Crippen LogP contribution in [0.5, 0.6) is 0 Å². The molecule has 264 valence electrons. The van der Waals surface area contributed by atoms with Gasteiger partial charge in [0.1, 0.15) is 11.2 Å². The summed E-state index contributed by atoms with van der Waals surface area (Å²) in [7, 11) is 0. The fraction of sp³-hybridized carbons (Fsp3) is 0.0370. The monoisotopic (exact) mass is 715 g/mol. The fourth-order valence-corrected chi connectivity index (χ4v) is 8.58. The summed E-state index contributed by atoms with van der Waals surface area (Å²) < 4.78 is 6.41. The number of rotatable bonds is 6. The first-order valence-corrected chi connectivity index (χ1v) is 19.5. The number of nitrogens with zero attached hydrogens (tertiary/aromatic N) is 1. The molecule has 0 saturated heterocycles. The first kappa shape index (κ1) is 32.3. The Kier molecular flexibility index (Phi) is 7.67. The van der Waals surface area contributed by atoms with Crippen molar-refractivity contribution in [2.24, 2.45) is 0 Å². The zero-order valence-corrected chi connectivity index (χ0v) is 30.8. The lowest BCUT2D eigenvalue weighted by atomic mass is 9.93. The van der Waals surface area contributed by atoms with Crippen LogP contribution in [0.2, 0.25) is 0 Å². The summed E-state index contributed by atoms with van der Waals surface area (Å²) in [5.41, 5.74) is 15.0. The molecule has 0 unspecified atom stereocenters. The van der Waals surface area contributed by atoms with Crippen molar-refractivity contribution in [1.82, 2.24) is 0 Å². The van der Waals surface area contributed by atoms with Gasteiger partial charge in [-0.25, -0.2) is 0 Å². The van der Waals surface area contributed by atoms with Crippen LogP contribution in [0.15, 0.2) is 199 Å². The minimum absolute atomic E-state index is 0.894. The van der Waals surface area contributed by atoms with Crippen molar-refractivity contribution < 1.29 is 4.42 Å². The van der Waals surface area contributed by atoms with Crippen LogP contribution in [0.25, 0.3) is 82.9 Å². The van der Waals surface area contributed by atoms with Gasteiger partial charge in [0, 0.05) is 27.7 Å². The average molecular weight is 716 g/mol. The van der Waals surface area contributed by atoms with Gasteiger partial charge < -0.3 is 9.32 Å². The third-order valence-electron chi connectivity index (χ3n) is 11.5. The molecule has 9 aromatic carbocycles. The van der Waals surface area contributed by atoms with Crippen molar-refractivity contribution in [1.29, 1.82) is 0 Å². The molecule has 0 atom stereocenters. The number of aryl methyl sites for hydroxylation is 1. The summed E-state index contributed by atoms with van der Waals surface area (Å²) in [5.74, 6) is 0. The third-order valence-corrected chi connectivity index (χ3v) is 11.5. The maximum absolute atomic E-state index is 6.41. The largest absolute Gasteiger partial charge is 0.456 e. The molecule has 1 heterocycles. The fourth-order valence-electron chi connectivity index (χ4n) is 8.58. The van der Waals surface area contributed by atoms with Crippen LogP contribution in [0.1, 0.15) is 17.5 Å². The highest BCUT2D eigenvalue weighted by atomic mass is 16.3. The number of benzene rings is 9. The van der Waals surface area contributed by atoms with Gasteiger partial charge in [0.15, 0.2) is 0 Å². The number of para-hydroxylation sites is 1. The smallest absolute Gasteiger partial charge is 0.136 e. The molecule has 11 rings (SSSR count). The van der Waals surface area contributed by atoms with E-state index in [1.807, 2.05) is 0 Å². The van der Waals surface area contributed by atoms with E-state index in [1.165, 1.54) is 54.9 Å². The summed E-state index contributed by atoms with van der Waals surface area (Å²) in [6.07, 6.45) is 6.70. The van der Waals surface area contributed by atoms with Crippen molar-refractivity contribution in [3.63, 3.8) is 0 Å². The van der Waals surface area contributed by atoms with E-state index in [4.69, 9.17) is 4.42 Å². The van der Waals surface area contributed by atoms with Gasteiger partial charge in [-0.1, -0.05) is 140 Å². The van der Waals surface area contributed by atoms with Gasteiger partial charge in [-0.2, -0.15) is 0 Å². The second-order valence-corrected chi connectivity index (χ2v) is 14.9. The van der Waals surface area contributed by atoms with Gasteiger partial charge in [0.2, 0.25) is 0 Å². The summed E-state index contributed by atoms with van der Waals surface area (Å²) in [6, 6.07) is 68.5. The van der Waals surface area contributed by atoms with E-state index in [0.29, 0.717) is 0 Å². The SMILES string of the molecule is C1=Cc2ccc(-c3cccc(N(c4ccc(-c5ccc6ccccc6c5)cc4)c4ccccc4-c4ccc5oc6cc7ccccc7cc6c5c4)c3)cc2CC1. The van der Waals surface area contributed by atoms with Gasteiger partial charge in [-0.3, -0.25) is 0 Å². The van der Waals surface area contributed by atoms with Crippen molar-refractivity contribution in [3.8, 4) is 33.4 Å². The van der Waals surface area contributed by atoms with E-state index in [0.717, 1.165) is 63.0 Å². The second-order valence-electron chi connectivity index (χ2n) is 14.9. The number of fused-ring (bicyclic) bond motifs is 6. The molecular formula is C54H37NO. The normalized spacial score (nSPS) is 12.4. The van der Waals surface area contributed by atoms with Crippen molar-refractivity contribution in [2.45, 2.75) is 12.8 Å². The Morgan fingerprint density at radius 2 is 1.09 bits per heavy atom. The molecule has 0 amide bonds. The molecule has 0 N–H and O–H groups in total. The molecule has 0 radical (unpaired) electrons. The molecule has 0 fully saturated rings. The minimum Gasteiger partial charge on any atom is -0.456 e. The van der Waals surface area contributed by atoms with E-state index in [2.05, 4.69) is 205 Å². The van der Waals surface area contributed by atoms with Gasteiger partial charge in [0.25, 0.3) is 0 Å². The quantitative estimate of drug-likeness (QED) is 0.170. The summed E-state index contributed by atoms with van der Waals surface area (Å²) >= 11 is 0. The Morgan fingerprint density at radius 1 is 0.411 bits per heavy atom. The lowest BCUT2D eigenvalue weighted by Crippen LogP contribution is -2.11. The number of furan rings is 1. The van der Waals surface area contributed by atoms with Gasteiger partial charge >= 0.3 is 0 Å². The molecule has 0 aliphatic heterocycles. The molecule has 1 aliphatic rings. The maximum Gasteiger partial charge on any atom is 0.136 e. The molecule has 1 aliphatic carbocycles. The summed E-state index contributed by atoms with van der Waals surface area (Å²) in [4.78, 5) is 2.41. The van der Waals surface area contributed by atoms with Gasteiger partial charge in [-0.05, 0) is 134 Å². The summed E-state index contributed by atoms with van der Waals surface area (Å²) in [6.45, 7) is 0. The molecule has 1 aromatic heterocycles. The van der Waals surface area contributed by atoms with E-state index >= 15 is 0 Å². The van der Waals surface area contributed by atoms with Gasteiger partial charge in [0.05, 0.1) is 5.69 Å². The Bertz CT molecular complexity index is 3150. The molecule has 2 heteroatoms. The van der Waals surface area contributed by atoms with Crippen LogP contribution in [-0.2, 0) is 6.42 Å². The van der Waals surface area contributed by atoms with Crippen LogP contribution in [0, 0.1) is 0 Å². The van der Waals surface area contributed by atoms with Crippen molar-refractivity contribution in [3.05, 3.63) is 205 Å². The van der Waals surface area contributed by atoms with Gasteiger partial charge in [-0.15, -0.1) is 0 Å². The zero-order chi connectivity index (χ0) is 37.0. The number of hydrogen-bond acceptors (Lipinski definition) is 2. The number of hydrogen-bond donors (Lipinski definition) is 0. The Balaban J connectivity index is 1.06. The zero-order valence-electron chi connectivity index (χ0n) is 30.8. The first-order valence-electron chi connectivity index (χ1n) is 19.5. The topological polar surface area (TPSA) is 16.4 Å². The maximum atomic E-state index is 6.41. The predicted molar refractivity (Wildman–Crippen MR) is 237 cm³/mol. The number of allylic oxidation sites excluding steroid dienone is 1. The molecule has 10 aromatic rings. The molecular weight excluding hydrogens is 679 g/mol. The highest BCUT2D eigenvalue weighted by molar-refractivity contribution is 6.11. The van der Waals surface area contributed by atoms with Crippen molar-refractivity contribution in [2.75, 3.05) is 4.90 Å². The third kappa shape index (κ3) is 5.66.